The van der Waals surface area contributed by atoms with Crippen LogP contribution in [0.4, 0.5) is 10.6 Å². The minimum Gasteiger partial charge on any atom is -0.444 e. The van der Waals surface area contributed by atoms with E-state index in [-0.39, 0.29) is 24.0 Å². The van der Waals surface area contributed by atoms with Gasteiger partial charge < -0.3 is 19.9 Å². The number of rotatable bonds is 5. The topological polar surface area (TPSA) is 151 Å². The molecule has 1 saturated carbocycles. The highest BCUT2D eigenvalue weighted by Gasteiger charge is 2.37. The Morgan fingerprint density at radius 3 is 2.58 bits per heavy atom. The number of nitrogen functional groups attached to an aromatic ring is 1. The van der Waals surface area contributed by atoms with Gasteiger partial charge in [-0.2, -0.15) is 5.10 Å². The number of amides is 1. The predicted molar refractivity (Wildman–Crippen MR) is 149 cm³/mol. The lowest BCUT2D eigenvalue weighted by atomic mass is 9.98. The van der Waals surface area contributed by atoms with Crippen LogP contribution in [0.15, 0.2) is 17.0 Å². The summed E-state index contributed by atoms with van der Waals surface area (Å²) in [6.07, 6.45) is 5.90. The average molecular weight is 546 g/mol. The highest BCUT2D eigenvalue weighted by Crippen LogP contribution is 2.48. The number of hydrogen-bond donors (Lipinski definition) is 1. The van der Waals surface area contributed by atoms with E-state index < -0.39 is 5.60 Å². The van der Waals surface area contributed by atoms with Crippen LogP contribution in [0.5, 0.6) is 0 Å². The van der Waals surface area contributed by atoms with Gasteiger partial charge in [-0.3, -0.25) is 0 Å². The van der Waals surface area contributed by atoms with Gasteiger partial charge in [0.1, 0.15) is 29.1 Å². The molecule has 6 rings (SSSR count). The number of hydrogen-bond acceptors (Lipinski definition) is 10. The first kappa shape index (κ1) is 26.1. The maximum Gasteiger partial charge on any atom is 0.410 e. The number of anilines is 1. The van der Waals surface area contributed by atoms with Gasteiger partial charge in [0.25, 0.3) is 0 Å². The molecule has 2 N–H and O–H groups in total. The van der Waals surface area contributed by atoms with Gasteiger partial charge in [-0.25, -0.2) is 29.4 Å². The van der Waals surface area contributed by atoms with Crippen LogP contribution in [0.25, 0.3) is 33.8 Å². The Balaban J connectivity index is 1.38. The SMILES string of the molecule is Cc1nc(-c2c(-c3nn(C(C)C)c4ncnc(N)c34)noc2C2CC2)ncc1[C@H]1CCN(C(=O)OC(C)(C)C)C1. The second kappa shape index (κ2) is 9.53. The fourth-order valence-electron chi connectivity index (χ4n) is 5.33. The second-order valence-electron chi connectivity index (χ2n) is 12.0. The lowest BCUT2D eigenvalue weighted by Gasteiger charge is -2.24. The number of nitrogens with two attached hydrogens (primary N) is 1. The van der Waals surface area contributed by atoms with Crippen LogP contribution >= 0.6 is 0 Å². The molecule has 2 aliphatic rings. The minimum atomic E-state index is -0.529. The van der Waals surface area contributed by atoms with Gasteiger partial charge >= 0.3 is 6.09 Å². The summed E-state index contributed by atoms with van der Waals surface area (Å²) in [5.74, 6) is 2.03. The van der Waals surface area contributed by atoms with Crippen molar-refractivity contribution in [1.82, 2.24) is 39.8 Å². The summed E-state index contributed by atoms with van der Waals surface area (Å²) in [6.45, 7) is 12.9. The minimum absolute atomic E-state index is 0.0493. The zero-order valence-electron chi connectivity index (χ0n) is 23.8. The highest BCUT2D eigenvalue weighted by atomic mass is 16.6. The van der Waals surface area contributed by atoms with E-state index in [0.29, 0.717) is 47.2 Å². The van der Waals surface area contributed by atoms with Crippen LogP contribution in [0.1, 0.15) is 88.8 Å². The molecule has 0 spiro atoms. The lowest BCUT2D eigenvalue weighted by molar-refractivity contribution is 0.0292. The Labute approximate surface area is 232 Å². The summed E-state index contributed by atoms with van der Waals surface area (Å²) in [4.78, 5) is 32.8. The first-order chi connectivity index (χ1) is 19.0. The standard InChI is InChI=1S/C28H35N9O3/c1-14(2)37-26-20(24(29)31-13-32-26)21(34-37)22-19(23(40-35-22)16-7-8-16)25-30-11-18(15(3)33-25)17-9-10-36(12-17)27(38)39-28(4,5)6/h11,13-14,16-17H,7-10,12H2,1-6H3,(H2,29,31,32)/t17-/m0/s1. The Hall–Kier alpha value is -4.09. The van der Waals surface area contributed by atoms with Crippen molar-refractivity contribution in [3.63, 3.8) is 0 Å². The first-order valence-electron chi connectivity index (χ1n) is 13.8. The number of likely N-dealkylation sites (tertiary alicyclic amines) is 1. The smallest absolute Gasteiger partial charge is 0.410 e. The van der Waals surface area contributed by atoms with E-state index >= 15 is 0 Å². The van der Waals surface area contributed by atoms with Gasteiger partial charge in [-0.1, -0.05) is 5.16 Å². The van der Waals surface area contributed by atoms with E-state index in [4.69, 9.17) is 30.1 Å². The van der Waals surface area contributed by atoms with Crippen molar-refractivity contribution in [3.8, 4) is 22.8 Å². The highest BCUT2D eigenvalue weighted by molar-refractivity contribution is 6.00. The van der Waals surface area contributed by atoms with Gasteiger partial charge in [0.15, 0.2) is 17.2 Å². The molecule has 4 aromatic heterocycles. The van der Waals surface area contributed by atoms with E-state index in [9.17, 15) is 4.79 Å². The molecule has 2 fully saturated rings. The number of carbonyl (C=O) groups is 1. The van der Waals surface area contributed by atoms with Crippen molar-refractivity contribution < 1.29 is 14.1 Å². The zero-order chi connectivity index (χ0) is 28.3. The van der Waals surface area contributed by atoms with Gasteiger partial charge in [-0.15, -0.1) is 0 Å². The normalized spacial score (nSPS) is 17.8. The first-order valence-corrected chi connectivity index (χ1v) is 13.8. The van der Waals surface area contributed by atoms with E-state index in [0.717, 1.165) is 41.8 Å². The number of aromatic nitrogens is 7. The van der Waals surface area contributed by atoms with Gasteiger partial charge in [0.05, 0.1) is 10.9 Å². The molecule has 40 heavy (non-hydrogen) atoms. The molecular formula is C28H35N9O3. The number of carbonyl (C=O) groups excluding carboxylic acids is 1. The summed E-state index contributed by atoms with van der Waals surface area (Å²) in [7, 11) is 0. The quantitative estimate of drug-likeness (QED) is 0.362. The maximum absolute atomic E-state index is 12.6. The Kier molecular flexibility index (Phi) is 6.23. The van der Waals surface area contributed by atoms with Crippen molar-refractivity contribution in [3.05, 3.63) is 29.5 Å². The third kappa shape index (κ3) is 4.65. The van der Waals surface area contributed by atoms with Crippen molar-refractivity contribution in [1.29, 1.82) is 0 Å². The third-order valence-corrected chi connectivity index (χ3v) is 7.42. The van der Waals surface area contributed by atoms with Crippen LogP contribution in [-0.4, -0.2) is 64.6 Å². The largest absolute Gasteiger partial charge is 0.444 e. The van der Waals surface area contributed by atoms with Crippen molar-refractivity contribution in [2.45, 2.75) is 84.3 Å². The predicted octanol–water partition coefficient (Wildman–Crippen LogP) is 5.01. The number of fused-ring (bicyclic) bond motifs is 1. The van der Waals surface area contributed by atoms with Crippen LogP contribution in [0, 0.1) is 6.92 Å². The van der Waals surface area contributed by atoms with Crippen molar-refractivity contribution in [2.24, 2.45) is 0 Å². The molecule has 210 valence electrons. The summed E-state index contributed by atoms with van der Waals surface area (Å²) in [5.41, 5.74) is 10.1. The second-order valence-corrected chi connectivity index (χ2v) is 12.0. The Morgan fingerprint density at radius 2 is 1.90 bits per heavy atom. The molecule has 1 saturated heterocycles. The monoisotopic (exact) mass is 545 g/mol. The molecule has 0 unspecified atom stereocenters. The van der Waals surface area contributed by atoms with Gasteiger partial charge in [-0.05, 0) is 66.4 Å². The molecule has 1 aliphatic heterocycles. The summed E-state index contributed by atoms with van der Waals surface area (Å²) in [5, 5.41) is 9.97. The van der Waals surface area contributed by atoms with Crippen LogP contribution < -0.4 is 5.73 Å². The molecular weight excluding hydrogens is 510 g/mol. The van der Waals surface area contributed by atoms with Crippen molar-refractivity contribution in [2.75, 3.05) is 18.8 Å². The van der Waals surface area contributed by atoms with E-state index in [1.807, 2.05) is 52.4 Å². The molecule has 12 nitrogen and oxygen atoms in total. The summed E-state index contributed by atoms with van der Waals surface area (Å²) < 4.78 is 13.3. The molecule has 4 aromatic rings. The molecule has 0 bridgehead atoms. The van der Waals surface area contributed by atoms with E-state index in [1.165, 1.54) is 6.33 Å². The Morgan fingerprint density at radius 1 is 1.12 bits per heavy atom. The lowest BCUT2D eigenvalue weighted by Crippen LogP contribution is -2.35. The fraction of sp³-hybridized carbons (Fsp3) is 0.536. The van der Waals surface area contributed by atoms with Crippen molar-refractivity contribution >= 4 is 22.9 Å². The average Bonchev–Trinajstić information content (AvgIpc) is 3.28. The van der Waals surface area contributed by atoms with Crippen LogP contribution in [0.3, 0.4) is 0 Å². The molecule has 1 aliphatic carbocycles. The number of ether oxygens (including phenoxy) is 1. The van der Waals surface area contributed by atoms with E-state index in [1.54, 1.807) is 4.90 Å². The molecule has 1 atom stereocenters. The van der Waals surface area contributed by atoms with Gasteiger partial charge in [0, 0.05) is 42.9 Å². The molecule has 0 aromatic carbocycles. The van der Waals surface area contributed by atoms with Gasteiger partial charge in [0.2, 0.25) is 0 Å². The molecule has 1 amide bonds. The van der Waals surface area contributed by atoms with Crippen LogP contribution in [-0.2, 0) is 4.74 Å². The van der Waals surface area contributed by atoms with E-state index in [2.05, 4.69) is 15.1 Å². The number of nitrogens with zero attached hydrogens (tertiary/aromatic N) is 8. The molecule has 0 radical (unpaired) electrons. The maximum atomic E-state index is 12.6. The fourth-order valence-corrected chi connectivity index (χ4v) is 5.33. The zero-order valence-corrected chi connectivity index (χ0v) is 23.8. The molecule has 5 heterocycles. The third-order valence-electron chi connectivity index (χ3n) is 7.42. The summed E-state index contributed by atoms with van der Waals surface area (Å²) in [6, 6.07) is 0.0493. The Bertz CT molecular complexity index is 1600. The van der Waals surface area contributed by atoms with Crippen LogP contribution in [0.2, 0.25) is 0 Å². The summed E-state index contributed by atoms with van der Waals surface area (Å²) >= 11 is 0. The number of aryl methyl sites for hydroxylation is 1. The molecule has 12 heteroatoms.